The van der Waals surface area contributed by atoms with Crippen molar-refractivity contribution >= 4 is 27.6 Å². The number of benzene rings is 1. The predicted octanol–water partition coefficient (Wildman–Crippen LogP) is 2.45. The van der Waals surface area contributed by atoms with Crippen LogP contribution in [0.1, 0.15) is 12.5 Å². The van der Waals surface area contributed by atoms with E-state index in [9.17, 15) is 4.79 Å². The molecule has 0 aromatic heterocycles. The number of carboxylic acid groups (broad SMARTS) is 1. The molecule has 0 fully saturated rings. The second kappa shape index (κ2) is 5.52. The average Bonchev–Trinajstić information content (AvgIpc) is 2.26. The molecular formula is C11H11BrN2O2. The maximum absolute atomic E-state index is 10.6. The molecule has 5 heteroatoms. The van der Waals surface area contributed by atoms with Crippen LogP contribution in [0.3, 0.4) is 0 Å². The third-order valence-electron chi connectivity index (χ3n) is 2.12. The van der Waals surface area contributed by atoms with Crippen LogP contribution < -0.4 is 5.32 Å². The molecule has 0 saturated heterocycles. The molecule has 84 valence electrons. The molecule has 1 rings (SSSR count). The van der Waals surface area contributed by atoms with Crippen LogP contribution >= 0.6 is 15.9 Å². The lowest BCUT2D eigenvalue weighted by molar-refractivity contribution is -0.140. The molecule has 0 spiro atoms. The summed E-state index contributed by atoms with van der Waals surface area (Å²) in [6.07, 6.45) is 0. The molecule has 0 aliphatic rings. The predicted molar refractivity (Wildman–Crippen MR) is 64.1 cm³/mol. The molecule has 1 atom stereocenters. The third kappa shape index (κ3) is 3.24. The van der Waals surface area contributed by atoms with Gasteiger partial charge in [0.2, 0.25) is 0 Å². The Morgan fingerprint density at radius 1 is 1.69 bits per heavy atom. The van der Waals surface area contributed by atoms with Gasteiger partial charge in [-0.2, -0.15) is 5.26 Å². The molecule has 0 heterocycles. The van der Waals surface area contributed by atoms with Crippen LogP contribution in [-0.4, -0.2) is 17.6 Å². The Morgan fingerprint density at radius 3 is 2.88 bits per heavy atom. The van der Waals surface area contributed by atoms with Crippen molar-refractivity contribution in [2.75, 3.05) is 11.9 Å². The van der Waals surface area contributed by atoms with E-state index in [0.717, 1.165) is 10.2 Å². The van der Waals surface area contributed by atoms with Crippen molar-refractivity contribution in [1.82, 2.24) is 0 Å². The van der Waals surface area contributed by atoms with Crippen LogP contribution in [0.2, 0.25) is 0 Å². The lowest BCUT2D eigenvalue weighted by Gasteiger charge is -2.11. The molecule has 1 unspecified atom stereocenters. The zero-order chi connectivity index (χ0) is 12.1. The fraction of sp³-hybridized carbons (Fsp3) is 0.273. The van der Waals surface area contributed by atoms with Gasteiger partial charge in [0, 0.05) is 16.7 Å². The Morgan fingerprint density at radius 2 is 2.38 bits per heavy atom. The lowest BCUT2D eigenvalue weighted by atomic mass is 10.1. The first-order valence-electron chi connectivity index (χ1n) is 4.71. The van der Waals surface area contributed by atoms with E-state index in [-0.39, 0.29) is 0 Å². The summed E-state index contributed by atoms with van der Waals surface area (Å²) in [7, 11) is 0. The van der Waals surface area contributed by atoms with Gasteiger partial charge in [-0.15, -0.1) is 0 Å². The van der Waals surface area contributed by atoms with Crippen LogP contribution in [0.4, 0.5) is 5.69 Å². The summed E-state index contributed by atoms with van der Waals surface area (Å²) < 4.78 is 0.754. The molecular weight excluding hydrogens is 272 g/mol. The van der Waals surface area contributed by atoms with Gasteiger partial charge in [-0.25, -0.2) is 0 Å². The summed E-state index contributed by atoms with van der Waals surface area (Å²) >= 11 is 3.31. The van der Waals surface area contributed by atoms with E-state index in [0.29, 0.717) is 12.1 Å². The molecule has 0 saturated carbocycles. The monoisotopic (exact) mass is 282 g/mol. The highest BCUT2D eigenvalue weighted by Crippen LogP contribution is 2.23. The maximum atomic E-state index is 10.6. The molecule has 16 heavy (non-hydrogen) atoms. The molecule has 0 bridgehead atoms. The van der Waals surface area contributed by atoms with Crippen molar-refractivity contribution < 1.29 is 9.90 Å². The largest absolute Gasteiger partial charge is 0.481 e. The van der Waals surface area contributed by atoms with Crippen molar-refractivity contribution in [3.8, 4) is 6.07 Å². The Kier molecular flexibility index (Phi) is 4.32. The second-order valence-electron chi connectivity index (χ2n) is 3.43. The minimum Gasteiger partial charge on any atom is -0.481 e. The maximum Gasteiger partial charge on any atom is 0.308 e. The number of rotatable bonds is 4. The number of halogens is 1. The quantitative estimate of drug-likeness (QED) is 0.890. The van der Waals surface area contributed by atoms with Gasteiger partial charge in [-0.05, 0) is 34.1 Å². The Balaban J connectivity index is 2.69. The van der Waals surface area contributed by atoms with E-state index < -0.39 is 11.9 Å². The summed E-state index contributed by atoms with van der Waals surface area (Å²) in [6.45, 7) is 1.98. The number of hydrogen-bond acceptors (Lipinski definition) is 3. The fourth-order valence-corrected chi connectivity index (χ4v) is 1.60. The Labute approximate surface area is 102 Å². The zero-order valence-electron chi connectivity index (χ0n) is 8.70. The van der Waals surface area contributed by atoms with Gasteiger partial charge in [-0.3, -0.25) is 4.79 Å². The van der Waals surface area contributed by atoms with Gasteiger partial charge in [0.05, 0.1) is 17.6 Å². The smallest absolute Gasteiger partial charge is 0.308 e. The van der Waals surface area contributed by atoms with Crippen molar-refractivity contribution in [2.24, 2.45) is 5.92 Å². The molecule has 1 aromatic carbocycles. The highest BCUT2D eigenvalue weighted by molar-refractivity contribution is 9.10. The van der Waals surface area contributed by atoms with E-state index >= 15 is 0 Å². The van der Waals surface area contributed by atoms with Crippen molar-refractivity contribution in [1.29, 1.82) is 5.26 Å². The van der Waals surface area contributed by atoms with E-state index in [2.05, 4.69) is 21.2 Å². The van der Waals surface area contributed by atoms with Crippen LogP contribution in [0.5, 0.6) is 0 Å². The number of carbonyl (C=O) groups is 1. The topological polar surface area (TPSA) is 73.1 Å². The van der Waals surface area contributed by atoms with E-state index in [4.69, 9.17) is 10.4 Å². The van der Waals surface area contributed by atoms with E-state index in [1.165, 1.54) is 0 Å². The van der Waals surface area contributed by atoms with Gasteiger partial charge in [-0.1, -0.05) is 6.92 Å². The Bertz CT molecular complexity index is 440. The molecule has 0 aliphatic carbocycles. The molecule has 0 aliphatic heterocycles. The van der Waals surface area contributed by atoms with Crippen molar-refractivity contribution in [3.63, 3.8) is 0 Å². The minimum absolute atomic E-state index is 0.347. The molecule has 0 radical (unpaired) electrons. The molecule has 1 aromatic rings. The van der Waals surface area contributed by atoms with Crippen molar-refractivity contribution in [2.45, 2.75) is 6.92 Å². The van der Waals surface area contributed by atoms with Gasteiger partial charge in [0.15, 0.2) is 0 Å². The average molecular weight is 283 g/mol. The summed E-state index contributed by atoms with van der Waals surface area (Å²) in [5.74, 6) is -1.29. The lowest BCUT2D eigenvalue weighted by Crippen LogP contribution is -2.19. The van der Waals surface area contributed by atoms with Crippen LogP contribution in [0.25, 0.3) is 0 Å². The number of aliphatic carboxylic acids is 1. The van der Waals surface area contributed by atoms with Crippen LogP contribution in [0, 0.1) is 17.2 Å². The number of nitrogens with zero attached hydrogens (tertiary/aromatic N) is 1. The first-order valence-corrected chi connectivity index (χ1v) is 5.50. The second-order valence-corrected chi connectivity index (χ2v) is 4.28. The molecule has 2 N–H and O–H groups in total. The van der Waals surface area contributed by atoms with Gasteiger partial charge >= 0.3 is 5.97 Å². The Hall–Kier alpha value is -1.54. The summed E-state index contributed by atoms with van der Waals surface area (Å²) in [6, 6.07) is 7.14. The van der Waals surface area contributed by atoms with Crippen molar-refractivity contribution in [3.05, 3.63) is 28.2 Å². The standard InChI is InChI=1S/C11H11BrN2O2/c1-7(11(15)16)6-14-10-3-2-8(5-13)4-9(10)12/h2-4,7,14H,6H2,1H3,(H,15,16). The summed E-state index contributed by atoms with van der Waals surface area (Å²) in [4.78, 5) is 10.6. The summed E-state index contributed by atoms with van der Waals surface area (Å²) in [5.41, 5.74) is 1.34. The number of nitriles is 1. The van der Waals surface area contributed by atoms with Crippen LogP contribution in [0.15, 0.2) is 22.7 Å². The number of nitrogens with one attached hydrogen (secondary N) is 1. The van der Waals surface area contributed by atoms with Gasteiger partial charge in [0.25, 0.3) is 0 Å². The number of hydrogen-bond donors (Lipinski definition) is 2. The summed E-state index contributed by atoms with van der Waals surface area (Å²) in [5, 5.41) is 20.4. The first-order chi connectivity index (χ1) is 7.54. The van der Waals surface area contributed by atoms with E-state index in [1.807, 2.05) is 6.07 Å². The highest BCUT2D eigenvalue weighted by Gasteiger charge is 2.10. The minimum atomic E-state index is -0.836. The van der Waals surface area contributed by atoms with Gasteiger partial charge < -0.3 is 10.4 Å². The van der Waals surface area contributed by atoms with Gasteiger partial charge in [0.1, 0.15) is 0 Å². The number of carboxylic acids is 1. The molecule has 4 nitrogen and oxygen atoms in total. The number of anilines is 1. The first kappa shape index (κ1) is 12.5. The third-order valence-corrected chi connectivity index (χ3v) is 2.77. The molecule has 0 amide bonds. The van der Waals surface area contributed by atoms with E-state index in [1.54, 1.807) is 25.1 Å². The SMILES string of the molecule is CC(CNc1ccc(C#N)cc1Br)C(=O)O. The zero-order valence-corrected chi connectivity index (χ0v) is 10.3. The highest BCUT2D eigenvalue weighted by atomic mass is 79.9. The fourth-order valence-electron chi connectivity index (χ4n) is 1.08. The normalized spacial score (nSPS) is 11.6. The van der Waals surface area contributed by atoms with Crippen LogP contribution in [-0.2, 0) is 4.79 Å².